The Labute approximate surface area is 205 Å². The Hall–Kier alpha value is -2.00. The summed E-state index contributed by atoms with van der Waals surface area (Å²) in [5.74, 6) is 2.14. The van der Waals surface area contributed by atoms with E-state index < -0.39 is 6.04 Å². The van der Waals surface area contributed by atoms with Crippen molar-refractivity contribution in [3.05, 3.63) is 28.7 Å². The molecule has 1 aromatic heterocycles. The maximum absolute atomic E-state index is 13.3. The Balaban J connectivity index is 1.11. The number of rotatable bonds is 4. The van der Waals surface area contributed by atoms with Gasteiger partial charge in [-0.15, -0.1) is 10.2 Å². The predicted octanol–water partition coefficient (Wildman–Crippen LogP) is 5.05. The lowest BCUT2D eigenvalue weighted by molar-refractivity contribution is -0.119. The monoisotopic (exact) mass is 529 g/mol. The molecule has 4 bridgehead atoms. The number of hydrogen-bond donors (Lipinski definition) is 2. The van der Waals surface area contributed by atoms with Crippen molar-refractivity contribution in [3.8, 4) is 10.6 Å². The second-order valence-corrected chi connectivity index (χ2v) is 12.3. The number of amides is 3. The van der Waals surface area contributed by atoms with E-state index in [1.807, 2.05) is 24.3 Å². The first-order valence-corrected chi connectivity index (χ1v) is 13.6. The van der Waals surface area contributed by atoms with Gasteiger partial charge in [0.2, 0.25) is 11.0 Å². The highest BCUT2D eigenvalue weighted by atomic mass is 79.9. The van der Waals surface area contributed by atoms with Crippen LogP contribution in [-0.4, -0.2) is 45.2 Å². The molecule has 5 fully saturated rings. The molecule has 2 N–H and O–H groups in total. The molecule has 7 rings (SSSR count). The fourth-order valence-electron chi connectivity index (χ4n) is 7.02. The van der Waals surface area contributed by atoms with Crippen molar-refractivity contribution in [2.75, 3.05) is 11.9 Å². The zero-order valence-electron chi connectivity index (χ0n) is 18.4. The number of nitrogens with one attached hydrogen (secondary N) is 2. The Kier molecular flexibility index (Phi) is 5.44. The van der Waals surface area contributed by atoms with E-state index in [1.54, 1.807) is 4.90 Å². The third-order valence-electron chi connectivity index (χ3n) is 7.97. The van der Waals surface area contributed by atoms with E-state index in [9.17, 15) is 9.59 Å². The van der Waals surface area contributed by atoms with Gasteiger partial charge < -0.3 is 10.2 Å². The molecule has 174 valence electrons. The van der Waals surface area contributed by atoms with Crippen LogP contribution >= 0.6 is 27.3 Å². The van der Waals surface area contributed by atoms with Crippen molar-refractivity contribution in [3.63, 3.8) is 0 Å². The standard InChI is InChI=1S/C24H28BrN5O2S/c25-18-5-3-17(4-6-18)21-28-29-22(33-21)26-20(31)19-2-1-7-30(19)23(32)27-24-11-14-8-15(12-24)10-16(9-14)13-24/h3-6,14-16,19H,1-2,7-13H2,(H,27,32)(H,26,29,31). The quantitative estimate of drug-likeness (QED) is 0.580. The van der Waals surface area contributed by atoms with E-state index >= 15 is 0 Å². The summed E-state index contributed by atoms with van der Waals surface area (Å²) in [5.41, 5.74) is 0.905. The Bertz CT molecular complexity index is 1040. The second-order valence-electron chi connectivity index (χ2n) is 10.4. The smallest absolute Gasteiger partial charge is 0.318 e. The molecule has 2 aromatic rings. The number of halogens is 1. The third-order valence-corrected chi connectivity index (χ3v) is 9.39. The number of urea groups is 1. The van der Waals surface area contributed by atoms with Crippen molar-refractivity contribution in [2.45, 2.75) is 62.9 Å². The normalized spacial score (nSPS) is 32.2. The first-order valence-electron chi connectivity index (χ1n) is 12.0. The highest BCUT2D eigenvalue weighted by Gasteiger charge is 2.52. The summed E-state index contributed by atoms with van der Waals surface area (Å²) in [4.78, 5) is 28.1. The van der Waals surface area contributed by atoms with E-state index in [2.05, 4.69) is 36.8 Å². The maximum atomic E-state index is 13.3. The number of carbonyl (C=O) groups is 2. The number of hydrogen-bond acceptors (Lipinski definition) is 5. The van der Waals surface area contributed by atoms with Crippen LogP contribution in [0.1, 0.15) is 51.4 Å². The molecule has 9 heteroatoms. The van der Waals surface area contributed by atoms with Crippen molar-refractivity contribution in [1.29, 1.82) is 0 Å². The zero-order chi connectivity index (χ0) is 22.6. The molecule has 1 atom stereocenters. The van der Waals surface area contributed by atoms with Gasteiger partial charge in [0, 0.05) is 22.1 Å². The zero-order valence-corrected chi connectivity index (χ0v) is 20.8. The van der Waals surface area contributed by atoms with Gasteiger partial charge in [0.25, 0.3) is 0 Å². The molecule has 4 aliphatic carbocycles. The van der Waals surface area contributed by atoms with E-state index in [1.165, 1.54) is 30.6 Å². The van der Waals surface area contributed by atoms with Gasteiger partial charge in [-0.05, 0) is 81.3 Å². The summed E-state index contributed by atoms with van der Waals surface area (Å²) < 4.78 is 0.998. The average molecular weight is 530 g/mol. The van der Waals surface area contributed by atoms with Crippen LogP contribution in [0, 0.1) is 17.8 Å². The molecule has 0 spiro atoms. The molecule has 1 aliphatic heterocycles. The number of likely N-dealkylation sites (tertiary alicyclic amines) is 1. The predicted molar refractivity (Wildman–Crippen MR) is 131 cm³/mol. The molecule has 33 heavy (non-hydrogen) atoms. The summed E-state index contributed by atoms with van der Waals surface area (Å²) in [7, 11) is 0. The van der Waals surface area contributed by atoms with Gasteiger partial charge in [0.15, 0.2) is 0 Å². The van der Waals surface area contributed by atoms with Gasteiger partial charge in [0.1, 0.15) is 11.0 Å². The lowest BCUT2D eigenvalue weighted by Gasteiger charge is -2.57. The summed E-state index contributed by atoms with van der Waals surface area (Å²) in [6.07, 6.45) is 8.87. The largest absolute Gasteiger partial charge is 0.333 e. The van der Waals surface area contributed by atoms with Gasteiger partial charge in [-0.25, -0.2) is 4.79 Å². The van der Waals surface area contributed by atoms with Crippen molar-refractivity contribution in [1.82, 2.24) is 20.4 Å². The number of carbonyl (C=O) groups excluding carboxylic acids is 2. The fourth-order valence-corrected chi connectivity index (χ4v) is 8.03. The van der Waals surface area contributed by atoms with E-state index in [0.717, 1.165) is 58.5 Å². The van der Waals surface area contributed by atoms with Gasteiger partial charge in [0.05, 0.1) is 0 Å². The Morgan fingerprint density at radius 1 is 1.03 bits per heavy atom. The minimum absolute atomic E-state index is 0.0474. The molecule has 1 saturated heterocycles. The minimum Gasteiger partial charge on any atom is -0.333 e. The number of nitrogens with zero attached hydrogens (tertiary/aromatic N) is 3. The SMILES string of the molecule is O=C(Nc1nnc(-c2ccc(Br)cc2)s1)C1CCCN1C(=O)NC12CC3CC(CC(C3)C1)C2. The molecule has 1 aromatic carbocycles. The van der Waals surface area contributed by atoms with Crippen LogP contribution in [0.2, 0.25) is 0 Å². The van der Waals surface area contributed by atoms with Crippen LogP contribution in [0.25, 0.3) is 10.6 Å². The van der Waals surface area contributed by atoms with Crippen LogP contribution in [0.4, 0.5) is 9.93 Å². The number of anilines is 1. The molecular formula is C24H28BrN5O2S. The second kappa shape index (κ2) is 8.34. The number of aromatic nitrogens is 2. The Morgan fingerprint density at radius 3 is 2.36 bits per heavy atom. The van der Waals surface area contributed by atoms with Gasteiger partial charge >= 0.3 is 6.03 Å². The summed E-state index contributed by atoms with van der Waals surface area (Å²) in [6, 6.07) is 7.30. The minimum atomic E-state index is -0.459. The third kappa shape index (κ3) is 4.18. The fraction of sp³-hybridized carbons (Fsp3) is 0.583. The molecule has 7 nitrogen and oxygen atoms in total. The van der Waals surface area contributed by atoms with E-state index in [-0.39, 0.29) is 17.5 Å². The number of benzene rings is 1. The first kappa shape index (κ1) is 21.5. The molecule has 0 radical (unpaired) electrons. The molecule has 4 saturated carbocycles. The molecule has 3 amide bonds. The van der Waals surface area contributed by atoms with Gasteiger partial charge in [-0.2, -0.15) is 0 Å². The van der Waals surface area contributed by atoms with E-state index in [4.69, 9.17) is 0 Å². The van der Waals surface area contributed by atoms with Crippen molar-refractivity contribution in [2.24, 2.45) is 17.8 Å². The van der Waals surface area contributed by atoms with Crippen molar-refractivity contribution >= 4 is 44.3 Å². The molecular weight excluding hydrogens is 502 g/mol. The topological polar surface area (TPSA) is 87.2 Å². The van der Waals surface area contributed by atoms with Crippen LogP contribution in [0.5, 0.6) is 0 Å². The summed E-state index contributed by atoms with van der Waals surface area (Å²) >= 11 is 4.78. The van der Waals surface area contributed by atoms with Gasteiger partial charge in [-0.3, -0.25) is 10.1 Å². The molecule has 1 unspecified atom stereocenters. The summed E-state index contributed by atoms with van der Waals surface area (Å²) in [5, 5.41) is 15.9. The van der Waals surface area contributed by atoms with E-state index in [0.29, 0.717) is 18.1 Å². The lowest BCUT2D eigenvalue weighted by Crippen LogP contribution is -2.62. The highest BCUT2D eigenvalue weighted by Crippen LogP contribution is 2.55. The van der Waals surface area contributed by atoms with Crippen LogP contribution in [-0.2, 0) is 4.79 Å². The summed E-state index contributed by atoms with van der Waals surface area (Å²) in [6.45, 7) is 0.622. The maximum Gasteiger partial charge on any atom is 0.318 e. The Morgan fingerprint density at radius 2 is 1.70 bits per heavy atom. The lowest BCUT2D eigenvalue weighted by atomic mass is 9.53. The van der Waals surface area contributed by atoms with Crippen molar-refractivity contribution < 1.29 is 9.59 Å². The molecule has 5 aliphatic rings. The average Bonchev–Trinajstić information content (AvgIpc) is 3.43. The first-order chi connectivity index (χ1) is 16.0. The van der Waals surface area contributed by atoms with Gasteiger partial charge in [-0.1, -0.05) is 39.4 Å². The van der Waals surface area contributed by atoms with Crippen LogP contribution < -0.4 is 10.6 Å². The highest BCUT2D eigenvalue weighted by molar-refractivity contribution is 9.10. The van der Waals surface area contributed by atoms with Crippen LogP contribution in [0.3, 0.4) is 0 Å². The molecule has 2 heterocycles. The van der Waals surface area contributed by atoms with Crippen LogP contribution in [0.15, 0.2) is 28.7 Å².